The Balaban J connectivity index is 2.10. The average Bonchev–Trinajstić information content (AvgIpc) is 2.56. The molecule has 1 amide bonds. The van der Waals surface area contributed by atoms with E-state index in [-0.39, 0.29) is 11.7 Å². The summed E-state index contributed by atoms with van der Waals surface area (Å²) in [6, 6.07) is 13.8. The third-order valence-corrected chi connectivity index (χ3v) is 5.28. The molecule has 0 radical (unpaired) electrons. The van der Waals surface area contributed by atoms with Gasteiger partial charge in [-0.15, -0.1) is 0 Å². The van der Waals surface area contributed by atoms with E-state index >= 15 is 0 Å². The van der Waals surface area contributed by atoms with Crippen molar-refractivity contribution in [3.8, 4) is 0 Å². The molecule has 0 aliphatic heterocycles. The summed E-state index contributed by atoms with van der Waals surface area (Å²) in [5, 5.41) is 0.643. The maximum atomic E-state index is 12.6. The van der Waals surface area contributed by atoms with E-state index in [1.165, 1.54) is 0 Å². The molecule has 0 aliphatic carbocycles. The molecule has 0 saturated carbocycles. The first-order valence-corrected chi connectivity index (χ1v) is 9.94. The number of rotatable bonds is 7. The van der Waals surface area contributed by atoms with Crippen LogP contribution >= 0.6 is 11.6 Å². The van der Waals surface area contributed by atoms with Gasteiger partial charge in [0.05, 0.1) is 5.75 Å². The lowest BCUT2D eigenvalue weighted by Gasteiger charge is -2.18. The van der Waals surface area contributed by atoms with E-state index in [9.17, 15) is 13.2 Å². The Kier molecular flexibility index (Phi) is 6.45. The van der Waals surface area contributed by atoms with Gasteiger partial charge in [0, 0.05) is 29.9 Å². The number of nitrogens with one attached hydrogen (secondary N) is 1. The van der Waals surface area contributed by atoms with Crippen molar-refractivity contribution >= 4 is 33.2 Å². The standard InChI is InChI=1S/C18H21ClN2O3S/c1-3-11-25(23,24)20-17-6-4-5-15(12-17)18(22)21(2)13-14-7-9-16(19)10-8-14/h4-10,12,20H,3,11,13H2,1-2H3. The van der Waals surface area contributed by atoms with Crippen molar-refractivity contribution in [2.45, 2.75) is 19.9 Å². The normalized spacial score (nSPS) is 11.2. The van der Waals surface area contributed by atoms with Crippen LogP contribution in [0.5, 0.6) is 0 Å². The van der Waals surface area contributed by atoms with Crippen molar-refractivity contribution in [2.75, 3.05) is 17.5 Å². The van der Waals surface area contributed by atoms with Crippen LogP contribution in [0.4, 0.5) is 5.69 Å². The van der Waals surface area contributed by atoms with E-state index in [1.807, 2.05) is 12.1 Å². The van der Waals surface area contributed by atoms with Crippen molar-refractivity contribution in [3.05, 3.63) is 64.7 Å². The molecular formula is C18H21ClN2O3S. The lowest BCUT2D eigenvalue weighted by molar-refractivity contribution is 0.0785. The van der Waals surface area contributed by atoms with Crippen molar-refractivity contribution in [3.63, 3.8) is 0 Å². The largest absolute Gasteiger partial charge is 0.337 e. The number of nitrogens with zero attached hydrogens (tertiary/aromatic N) is 1. The molecular weight excluding hydrogens is 360 g/mol. The molecule has 2 aromatic rings. The number of carbonyl (C=O) groups is 1. The Hall–Kier alpha value is -2.05. The first-order valence-electron chi connectivity index (χ1n) is 7.91. The molecule has 0 bridgehead atoms. The molecule has 1 N–H and O–H groups in total. The number of anilines is 1. The minimum atomic E-state index is -3.39. The molecule has 2 rings (SSSR count). The molecule has 0 aliphatic rings. The van der Waals surface area contributed by atoms with Gasteiger partial charge in [-0.05, 0) is 42.3 Å². The van der Waals surface area contributed by atoms with Gasteiger partial charge in [-0.1, -0.05) is 36.7 Å². The second kappa shape index (κ2) is 8.36. The summed E-state index contributed by atoms with van der Waals surface area (Å²) in [6.07, 6.45) is 0.526. The second-order valence-corrected chi connectivity index (χ2v) is 8.07. The van der Waals surface area contributed by atoms with E-state index in [0.717, 1.165) is 5.56 Å². The van der Waals surface area contributed by atoms with Crippen LogP contribution in [-0.4, -0.2) is 32.0 Å². The fraction of sp³-hybridized carbons (Fsp3) is 0.278. The number of halogens is 1. The van der Waals surface area contributed by atoms with Crippen molar-refractivity contribution < 1.29 is 13.2 Å². The number of sulfonamides is 1. The number of amides is 1. The Labute approximate surface area is 153 Å². The van der Waals surface area contributed by atoms with Gasteiger partial charge in [0.15, 0.2) is 0 Å². The Morgan fingerprint density at radius 1 is 1.16 bits per heavy atom. The van der Waals surface area contributed by atoms with Gasteiger partial charge in [0.1, 0.15) is 0 Å². The summed E-state index contributed by atoms with van der Waals surface area (Å²) in [5.74, 6) is -0.145. The Morgan fingerprint density at radius 2 is 1.84 bits per heavy atom. The number of carbonyl (C=O) groups excluding carboxylic acids is 1. The predicted molar refractivity (Wildman–Crippen MR) is 101 cm³/mol. The fourth-order valence-corrected chi connectivity index (χ4v) is 3.62. The molecule has 0 aromatic heterocycles. The average molecular weight is 381 g/mol. The molecule has 0 spiro atoms. The van der Waals surface area contributed by atoms with Crippen LogP contribution in [0.25, 0.3) is 0 Å². The summed E-state index contributed by atoms with van der Waals surface area (Å²) < 4.78 is 26.2. The van der Waals surface area contributed by atoms with E-state index in [4.69, 9.17) is 11.6 Å². The van der Waals surface area contributed by atoms with E-state index in [1.54, 1.807) is 55.3 Å². The molecule has 2 aromatic carbocycles. The second-order valence-electron chi connectivity index (χ2n) is 5.79. The molecule has 0 unspecified atom stereocenters. The van der Waals surface area contributed by atoms with Crippen LogP contribution in [-0.2, 0) is 16.6 Å². The van der Waals surface area contributed by atoms with E-state index in [0.29, 0.717) is 29.2 Å². The van der Waals surface area contributed by atoms with Gasteiger partial charge in [-0.2, -0.15) is 0 Å². The number of benzene rings is 2. The molecule has 5 nitrogen and oxygen atoms in total. The van der Waals surface area contributed by atoms with Crippen LogP contribution in [0.3, 0.4) is 0 Å². The summed E-state index contributed by atoms with van der Waals surface area (Å²) in [4.78, 5) is 14.2. The zero-order valence-corrected chi connectivity index (χ0v) is 15.8. The van der Waals surface area contributed by atoms with Crippen LogP contribution in [0.2, 0.25) is 5.02 Å². The quantitative estimate of drug-likeness (QED) is 0.795. The van der Waals surface area contributed by atoms with Gasteiger partial charge < -0.3 is 4.90 Å². The maximum absolute atomic E-state index is 12.6. The monoisotopic (exact) mass is 380 g/mol. The van der Waals surface area contributed by atoms with Crippen molar-refractivity contribution in [1.82, 2.24) is 4.90 Å². The highest BCUT2D eigenvalue weighted by Gasteiger charge is 2.14. The lowest BCUT2D eigenvalue weighted by atomic mass is 10.1. The minimum absolute atomic E-state index is 0.0433. The van der Waals surface area contributed by atoms with Crippen LogP contribution < -0.4 is 4.72 Å². The molecule has 0 heterocycles. The van der Waals surface area contributed by atoms with Gasteiger partial charge >= 0.3 is 0 Å². The predicted octanol–water partition coefficient (Wildman–Crippen LogP) is 3.76. The summed E-state index contributed by atoms with van der Waals surface area (Å²) in [5.41, 5.74) is 1.77. The highest BCUT2D eigenvalue weighted by atomic mass is 35.5. The molecule has 7 heteroatoms. The first-order chi connectivity index (χ1) is 11.8. The van der Waals surface area contributed by atoms with Gasteiger partial charge in [0.25, 0.3) is 5.91 Å². The van der Waals surface area contributed by atoms with E-state index < -0.39 is 10.0 Å². The smallest absolute Gasteiger partial charge is 0.253 e. The minimum Gasteiger partial charge on any atom is -0.337 e. The van der Waals surface area contributed by atoms with Crippen LogP contribution in [0.1, 0.15) is 29.3 Å². The third-order valence-electron chi connectivity index (χ3n) is 3.54. The zero-order valence-electron chi connectivity index (χ0n) is 14.2. The highest BCUT2D eigenvalue weighted by molar-refractivity contribution is 7.92. The number of hydrogen-bond acceptors (Lipinski definition) is 3. The molecule has 134 valence electrons. The summed E-state index contributed by atoms with van der Waals surface area (Å²) in [6.45, 7) is 2.23. The number of hydrogen-bond donors (Lipinski definition) is 1. The Morgan fingerprint density at radius 3 is 2.48 bits per heavy atom. The molecule has 0 saturated heterocycles. The van der Waals surface area contributed by atoms with Crippen molar-refractivity contribution in [1.29, 1.82) is 0 Å². The highest BCUT2D eigenvalue weighted by Crippen LogP contribution is 2.16. The molecule has 0 fully saturated rings. The maximum Gasteiger partial charge on any atom is 0.253 e. The van der Waals surface area contributed by atoms with Crippen molar-refractivity contribution in [2.24, 2.45) is 0 Å². The van der Waals surface area contributed by atoms with Gasteiger partial charge in [0.2, 0.25) is 10.0 Å². The topological polar surface area (TPSA) is 66.5 Å². The van der Waals surface area contributed by atoms with Crippen LogP contribution in [0, 0.1) is 0 Å². The van der Waals surface area contributed by atoms with Crippen LogP contribution in [0.15, 0.2) is 48.5 Å². The van der Waals surface area contributed by atoms with Gasteiger partial charge in [-0.25, -0.2) is 8.42 Å². The molecule has 0 atom stereocenters. The van der Waals surface area contributed by atoms with E-state index in [2.05, 4.69) is 4.72 Å². The molecule has 25 heavy (non-hydrogen) atoms. The van der Waals surface area contributed by atoms with Gasteiger partial charge in [-0.3, -0.25) is 9.52 Å². The third kappa shape index (κ3) is 5.76. The Bertz CT molecular complexity index is 836. The lowest BCUT2D eigenvalue weighted by Crippen LogP contribution is -2.26. The first kappa shape index (κ1) is 19.3. The fourth-order valence-electron chi connectivity index (χ4n) is 2.37. The summed E-state index contributed by atoms with van der Waals surface area (Å²) in [7, 11) is -1.69. The SMILES string of the molecule is CCCS(=O)(=O)Nc1cccc(C(=O)N(C)Cc2ccc(Cl)cc2)c1. The zero-order chi connectivity index (χ0) is 18.4. The summed E-state index contributed by atoms with van der Waals surface area (Å²) >= 11 is 5.86.